The number of aromatic nitrogens is 3. The van der Waals surface area contributed by atoms with Crippen molar-refractivity contribution in [2.24, 2.45) is 0 Å². The molecule has 0 radical (unpaired) electrons. The molecule has 0 saturated heterocycles. The Morgan fingerprint density at radius 1 is 0.861 bits per heavy atom. The Morgan fingerprint density at radius 2 is 1.56 bits per heavy atom. The minimum Gasteiger partial charge on any atom is -0.355 e. The molecule has 192 valence electrons. The maximum atomic E-state index is 13.6. The molecule has 0 bridgehead atoms. The second kappa shape index (κ2) is 9.76. The van der Waals surface area contributed by atoms with Crippen molar-refractivity contribution in [3.63, 3.8) is 0 Å². The van der Waals surface area contributed by atoms with Gasteiger partial charge in [0, 0.05) is 42.9 Å². The number of hydrogen-bond acceptors (Lipinski definition) is 5. The van der Waals surface area contributed by atoms with Crippen LogP contribution in [0.15, 0.2) is 42.6 Å². The van der Waals surface area contributed by atoms with Gasteiger partial charge in [0.15, 0.2) is 0 Å². The minimum absolute atomic E-state index is 0. The van der Waals surface area contributed by atoms with Crippen molar-refractivity contribution >= 4 is 29.7 Å². The second-order valence-electron chi connectivity index (χ2n) is 8.69. The van der Waals surface area contributed by atoms with Gasteiger partial charge in [-0.05, 0) is 55.7 Å². The van der Waals surface area contributed by atoms with Crippen molar-refractivity contribution in [3.8, 4) is 0 Å². The van der Waals surface area contributed by atoms with Gasteiger partial charge in [0.25, 0.3) is 0 Å². The van der Waals surface area contributed by atoms with E-state index < -0.39 is 23.5 Å². The molecule has 12 heteroatoms. The lowest BCUT2D eigenvalue weighted by molar-refractivity contribution is -0.138. The van der Waals surface area contributed by atoms with Crippen LogP contribution in [0.4, 0.5) is 43.7 Å². The molecule has 0 atom stereocenters. The lowest BCUT2D eigenvalue weighted by Gasteiger charge is -2.24. The van der Waals surface area contributed by atoms with E-state index in [2.05, 4.69) is 15.3 Å². The number of rotatable bonds is 4. The fraction of sp³-hybridized carbons (Fsp3) is 0.375. The number of anilines is 3. The molecule has 3 aromatic rings. The average Bonchev–Trinajstić information content (AvgIpc) is 3.65. The Labute approximate surface area is 209 Å². The van der Waals surface area contributed by atoms with Crippen molar-refractivity contribution in [3.05, 3.63) is 70.8 Å². The molecule has 1 aliphatic heterocycles. The van der Waals surface area contributed by atoms with Crippen molar-refractivity contribution in [2.45, 2.75) is 44.0 Å². The molecule has 0 spiro atoms. The quantitative estimate of drug-likeness (QED) is 0.388. The van der Waals surface area contributed by atoms with Crippen LogP contribution in [0.5, 0.6) is 0 Å². The molecule has 36 heavy (non-hydrogen) atoms. The molecule has 0 unspecified atom stereocenters. The first-order chi connectivity index (χ1) is 16.6. The van der Waals surface area contributed by atoms with Crippen molar-refractivity contribution in [1.82, 2.24) is 15.0 Å². The summed E-state index contributed by atoms with van der Waals surface area (Å²) < 4.78 is 79.4. The summed E-state index contributed by atoms with van der Waals surface area (Å²) in [5.74, 6) is 1.23. The zero-order valence-electron chi connectivity index (χ0n) is 18.8. The highest BCUT2D eigenvalue weighted by Crippen LogP contribution is 2.40. The van der Waals surface area contributed by atoms with Crippen LogP contribution in [0.2, 0.25) is 0 Å². The van der Waals surface area contributed by atoms with Crippen molar-refractivity contribution in [2.75, 3.05) is 23.3 Å². The molecule has 1 aromatic carbocycles. The highest BCUT2D eigenvalue weighted by Gasteiger charge is 2.36. The smallest absolute Gasteiger partial charge is 0.355 e. The molecule has 5 nitrogen and oxygen atoms in total. The maximum absolute atomic E-state index is 13.6. The fourth-order valence-electron chi connectivity index (χ4n) is 4.21. The summed E-state index contributed by atoms with van der Waals surface area (Å²) >= 11 is 0. The third kappa shape index (κ3) is 5.50. The number of hydrogen-bond donors (Lipinski definition) is 1. The Kier molecular flexibility index (Phi) is 7.05. The summed E-state index contributed by atoms with van der Waals surface area (Å²) in [6.07, 6.45) is -4.97. The van der Waals surface area contributed by atoms with Gasteiger partial charge in [-0.1, -0.05) is 0 Å². The van der Waals surface area contributed by atoms with E-state index in [4.69, 9.17) is 4.98 Å². The third-order valence-electron chi connectivity index (χ3n) is 6.17. The summed E-state index contributed by atoms with van der Waals surface area (Å²) in [7, 11) is 0. The third-order valence-corrected chi connectivity index (χ3v) is 6.17. The van der Waals surface area contributed by atoms with E-state index in [1.54, 1.807) is 4.90 Å². The number of nitrogens with one attached hydrogen (secondary N) is 1. The van der Waals surface area contributed by atoms with Crippen LogP contribution < -0.4 is 10.2 Å². The maximum Gasteiger partial charge on any atom is 0.419 e. The highest BCUT2D eigenvalue weighted by atomic mass is 35.5. The Bertz CT molecular complexity index is 1230. The van der Waals surface area contributed by atoms with Gasteiger partial charge in [-0.3, -0.25) is 0 Å². The first-order valence-electron chi connectivity index (χ1n) is 11.2. The molecule has 5 rings (SSSR count). The second-order valence-corrected chi connectivity index (χ2v) is 8.69. The molecule has 0 amide bonds. The number of halogens is 7. The van der Waals surface area contributed by atoms with Crippen LogP contribution in [-0.4, -0.2) is 28.0 Å². The Hall–Kier alpha value is -3.08. The summed E-state index contributed by atoms with van der Waals surface area (Å²) in [4.78, 5) is 15.0. The normalized spacial score (nSPS) is 16.1. The predicted octanol–water partition coefficient (Wildman–Crippen LogP) is 6.56. The van der Waals surface area contributed by atoms with Gasteiger partial charge in [0.2, 0.25) is 0 Å². The highest BCUT2D eigenvalue weighted by molar-refractivity contribution is 5.85. The van der Waals surface area contributed by atoms with Gasteiger partial charge in [0.05, 0.1) is 16.8 Å². The summed E-state index contributed by atoms with van der Waals surface area (Å²) in [6, 6.07) is 6.93. The predicted molar refractivity (Wildman–Crippen MR) is 125 cm³/mol. The Balaban J connectivity index is 0.00000304. The largest absolute Gasteiger partial charge is 0.419 e. The minimum atomic E-state index is -4.53. The summed E-state index contributed by atoms with van der Waals surface area (Å²) in [6.45, 7) is 0.564. The van der Waals surface area contributed by atoms with E-state index in [9.17, 15) is 26.3 Å². The van der Waals surface area contributed by atoms with Crippen LogP contribution in [-0.2, 0) is 25.2 Å². The van der Waals surface area contributed by atoms with Crippen LogP contribution in [0.1, 0.15) is 47.0 Å². The van der Waals surface area contributed by atoms with Gasteiger partial charge >= 0.3 is 12.4 Å². The van der Waals surface area contributed by atoms with E-state index in [1.807, 2.05) is 0 Å². The van der Waals surface area contributed by atoms with E-state index in [0.29, 0.717) is 36.7 Å². The standard InChI is InChI=1S/C24H21F6N5.ClH/c25-23(26,27)15-5-7-16(8-6-15)32-21-17-9-12-35(22-18(24(28,29)30)2-1-11-31-22)13-10-19(17)33-20(34-21)14-3-4-14;/h1-2,5-8,11,14H,3-4,9-10,12-13H2,(H,32,33,34);1H. The van der Waals surface area contributed by atoms with E-state index in [0.717, 1.165) is 42.3 Å². The molecule has 3 heterocycles. The number of benzene rings is 1. The van der Waals surface area contributed by atoms with Crippen LogP contribution in [0.25, 0.3) is 0 Å². The van der Waals surface area contributed by atoms with Gasteiger partial charge in [-0.2, -0.15) is 26.3 Å². The molecule has 1 saturated carbocycles. The average molecular weight is 530 g/mol. The van der Waals surface area contributed by atoms with Crippen LogP contribution in [0, 0.1) is 0 Å². The molecular formula is C24H22ClF6N5. The van der Waals surface area contributed by atoms with Crippen LogP contribution >= 0.6 is 12.4 Å². The topological polar surface area (TPSA) is 53.9 Å². The number of nitrogens with zero attached hydrogens (tertiary/aromatic N) is 4. The zero-order chi connectivity index (χ0) is 24.8. The van der Waals surface area contributed by atoms with Gasteiger partial charge < -0.3 is 10.2 Å². The van der Waals surface area contributed by atoms with Crippen molar-refractivity contribution < 1.29 is 26.3 Å². The molecular weight excluding hydrogens is 508 g/mol. The Morgan fingerprint density at radius 3 is 2.19 bits per heavy atom. The first-order valence-corrected chi connectivity index (χ1v) is 11.2. The van der Waals surface area contributed by atoms with Gasteiger partial charge in [-0.15, -0.1) is 12.4 Å². The monoisotopic (exact) mass is 529 g/mol. The number of fused-ring (bicyclic) bond motifs is 1. The zero-order valence-corrected chi connectivity index (χ0v) is 19.6. The van der Waals surface area contributed by atoms with Gasteiger partial charge in [-0.25, -0.2) is 15.0 Å². The fourth-order valence-corrected chi connectivity index (χ4v) is 4.21. The van der Waals surface area contributed by atoms with Gasteiger partial charge in [0.1, 0.15) is 17.5 Å². The van der Waals surface area contributed by atoms with E-state index in [-0.39, 0.29) is 30.7 Å². The van der Waals surface area contributed by atoms with E-state index >= 15 is 0 Å². The first kappa shape index (κ1) is 26.0. The molecule has 2 aliphatic rings. The van der Waals surface area contributed by atoms with E-state index in [1.165, 1.54) is 24.4 Å². The number of pyridine rings is 1. The molecule has 1 fully saturated rings. The SMILES string of the molecule is Cl.FC(F)(F)c1ccc(Nc2nc(C3CC3)nc3c2CCN(c2ncccc2C(F)(F)F)CC3)cc1. The van der Waals surface area contributed by atoms with Crippen molar-refractivity contribution in [1.29, 1.82) is 0 Å². The molecule has 1 aliphatic carbocycles. The van der Waals surface area contributed by atoms with Crippen LogP contribution in [0.3, 0.4) is 0 Å². The lowest BCUT2D eigenvalue weighted by Crippen LogP contribution is -2.29. The lowest BCUT2D eigenvalue weighted by atomic mass is 10.1. The summed E-state index contributed by atoms with van der Waals surface area (Å²) in [5.41, 5.74) is 0.379. The molecule has 1 N–H and O–H groups in total. The summed E-state index contributed by atoms with van der Waals surface area (Å²) in [5, 5.41) is 3.12. The molecule has 2 aromatic heterocycles. The number of alkyl halides is 6.